The molecule has 0 aromatic rings. The molecule has 1 N–H and O–H groups in total. The third-order valence-corrected chi connectivity index (χ3v) is 3.34. The van der Waals surface area contributed by atoms with Gasteiger partial charge in [0.1, 0.15) is 0 Å². The number of aliphatic hydroxyl groups excluding tert-OH is 1. The van der Waals surface area contributed by atoms with Crippen molar-refractivity contribution < 1.29 is 5.11 Å². The fourth-order valence-electron chi connectivity index (χ4n) is 1.96. The van der Waals surface area contributed by atoms with Gasteiger partial charge in [0, 0.05) is 38.1 Å². The molecule has 4 heteroatoms. The van der Waals surface area contributed by atoms with Crippen LogP contribution in [0.2, 0.25) is 0 Å². The van der Waals surface area contributed by atoms with Gasteiger partial charge in [-0.05, 0) is 13.5 Å². The van der Waals surface area contributed by atoms with Gasteiger partial charge in [-0.2, -0.15) is 0 Å². The molecule has 14 heavy (non-hydrogen) atoms. The van der Waals surface area contributed by atoms with Crippen molar-refractivity contribution in [1.29, 1.82) is 0 Å². The molecule has 0 aromatic carbocycles. The summed E-state index contributed by atoms with van der Waals surface area (Å²) in [7, 11) is 2.17. The van der Waals surface area contributed by atoms with E-state index in [-0.39, 0.29) is 6.10 Å². The normalized spacial score (nSPS) is 27.9. The minimum Gasteiger partial charge on any atom is -0.391 e. The van der Waals surface area contributed by atoms with Crippen LogP contribution in [0.25, 0.3) is 0 Å². The summed E-state index contributed by atoms with van der Waals surface area (Å²) in [6.07, 6.45) is 0.793. The van der Waals surface area contributed by atoms with Gasteiger partial charge in [0.05, 0.1) is 6.10 Å². The van der Waals surface area contributed by atoms with Gasteiger partial charge < -0.3 is 10.0 Å². The Bertz CT molecular complexity index is 168. The van der Waals surface area contributed by atoms with Crippen LogP contribution in [0.3, 0.4) is 0 Å². The average molecular weight is 221 g/mol. The van der Waals surface area contributed by atoms with E-state index in [1.54, 1.807) is 0 Å². The Morgan fingerprint density at radius 3 is 2.79 bits per heavy atom. The summed E-state index contributed by atoms with van der Waals surface area (Å²) >= 11 is 5.58. The van der Waals surface area contributed by atoms with Gasteiger partial charge in [-0.25, -0.2) is 0 Å². The predicted octanol–water partition coefficient (Wildman–Crippen LogP) is 0.612. The molecule has 2 atom stereocenters. The minimum atomic E-state index is -0.377. The molecule has 84 valence electrons. The van der Waals surface area contributed by atoms with E-state index in [1.807, 2.05) is 0 Å². The Balaban J connectivity index is 2.34. The fourth-order valence-corrected chi connectivity index (χ4v) is 2.06. The van der Waals surface area contributed by atoms with Crippen molar-refractivity contribution in [3.63, 3.8) is 0 Å². The molecule has 1 heterocycles. The zero-order chi connectivity index (χ0) is 10.6. The molecule has 0 bridgehead atoms. The van der Waals surface area contributed by atoms with Crippen molar-refractivity contribution in [2.45, 2.75) is 25.5 Å². The van der Waals surface area contributed by atoms with Gasteiger partial charge in [0.25, 0.3) is 0 Å². The number of likely N-dealkylation sites (N-methyl/N-ethyl adjacent to an activating group) is 1. The standard InChI is InChI=1S/C10H21ClN2O/c1-3-9-7-13(5-4-12(9)2)8-10(14)6-11/h9-10,14H,3-8H2,1-2H3. The highest BCUT2D eigenvalue weighted by Crippen LogP contribution is 2.10. The van der Waals surface area contributed by atoms with Crippen LogP contribution in [0.4, 0.5) is 0 Å². The second kappa shape index (κ2) is 5.91. The molecule has 1 saturated heterocycles. The Morgan fingerprint density at radius 2 is 2.21 bits per heavy atom. The Labute approximate surface area is 91.6 Å². The lowest BCUT2D eigenvalue weighted by Gasteiger charge is -2.39. The molecule has 1 fully saturated rings. The highest BCUT2D eigenvalue weighted by Gasteiger charge is 2.23. The van der Waals surface area contributed by atoms with E-state index in [1.165, 1.54) is 6.42 Å². The van der Waals surface area contributed by atoms with Gasteiger partial charge in [-0.15, -0.1) is 11.6 Å². The molecule has 1 aliphatic rings. The molecule has 0 aromatic heterocycles. The maximum atomic E-state index is 9.45. The largest absolute Gasteiger partial charge is 0.391 e. The van der Waals surface area contributed by atoms with Crippen LogP contribution in [0.15, 0.2) is 0 Å². The number of halogens is 1. The molecule has 2 unspecified atom stereocenters. The SMILES string of the molecule is CCC1CN(CC(O)CCl)CCN1C. The number of alkyl halides is 1. The summed E-state index contributed by atoms with van der Waals surface area (Å²) in [6.45, 7) is 6.12. The highest BCUT2D eigenvalue weighted by atomic mass is 35.5. The summed E-state index contributed by atoms with van der Waals surface area (Å²) in [5.41, 5.74) is 0. The third kappa shape index (κ3) is 3.39. The molecule has 0 amide bonds. The van der Waals surface area contributed by atoms with E-state index in [0.29, 0.717) is 18.5 Å². The summed E-state index contributed by atoms with van der Waals surface area (Å²) in [4.78, 5) is 4.70. The van der Waals surface area contributed by atoms with E-state index in [4.69, 9.17) is 11.6 Å². The molecule has 0 saturated carbocycles. The molecule has 1 aliphatic heterocycles. The van der Waals surface area contributed by atoms with Crippen molar-refractivity contribution in [2.24, 2.45) is 0 Å². The molecule has 1 rings (SSSR count). The van der Waals surface area contributed by atoms with Crippen LogP contribution in [0, 0.1) is 0 Å². The van der Waals surface area contributed by atoms with Crippen LogP contribution < -0.4 is 0 Å². The first-order chi connectivity index (χ1) is 6.67. The lowest BCUT2D eigenvalue weighted by atomic mass is 10.1. The van der Waals surface area contributed by atoms with Crippen LogP contribution >= 0.6 is 11.6 Å². The first kappa shape index (κ1) is 12.2. The van der Waals surface area contributed by atoms with E-state index >= 15 is 0 Å². The molecule has 0 radical (unpaired) electrons. The fraction of sp³-hybridized carbons (Fsp3) is 1.00. The first-order valence-corrected chi connectivity index (χ1v) is 5.87. The molecular weight excluding hydrogens is 200 g/mol. The smallest absolute Gasteiger partial charge is 0.0802 e. The molecular formula is C10H21ClN2O. The van der Waals surface area contributed by atoms with Gasteiger partial charge in [0.2, 0.25) is 0 Å². The van der Waals surface area contributed by atoms with E-state index in [0.717, 1.165) is 19.6 Å². The number of hydrogen-bond acceptors (Lipinski definition) is 3. The zero-order valence-electron chi connectivity index (χ0n) is 9.12. The summed E-state index contributed by atoms with van der Waals surface area (Å²) in [6, 6.07) is 0.631. The lowest BCUT2D eigenvalue weighted by molar-refractivity contribution is 0.0575. The maximum Gasteiger partial charge on any atom is 0.0802 e. The molecule has 0 aliphatic carbocycles. The Morgan fingerprint density at radius 1 is 1.50 bits per heavy atom. The Kier molecular flexibility index (Phi) is 5.17. The number of piperazine rings is 1. The van der Waals surface area contributed by atoms with E-state index in [9.17, 15) is 5.11 Å². The average Bonchev–Trinajstić information content (AvgIpc) is 2.20. The van der Waals surface area contributed by atoms with Crippen molar-refractivity contribution in [3.05, 3.63) is 0 Å². The highest BCUT2D eigenvalue weighted by molar-refractivity contribution is 6.18. The van der Waals surface area contributed by atoms with E-state index in [2.05, 4.69) is 23.8 Å². The number of nitrogens with zero attached hydrogens (tertiary/aromatic N) is 2. The van der Waals surface area contributed by atoms with Crippen molar-refractivity contribution in [3.8, 4) is 0 Å². The first-order valence-electron chi connectivity index (χ1n) is 5.34. The van der Waals surface area contributed by atoms with Crippen molar-refractivity contribution in [1.82, 2.24) is 9.80 Å². The predicted molar refractivity (Wildman–Crippen MR) is 59.9 cm³/mol. The quantitative estimate of drug-likeness (QED) is 0.704. The summed E-state index contributed by atoms with van der Waals surface area (Å²) < 4.78 is 0. The number of aliphatic hydroxyl groups is 1. The van der Waals surface area contributed by atoms with Crippen LogP contribution in [-0.4, -0.2) is 66.2 Å². The maximum absolute atomic E-state index is 9.45. The van der Waals surface area contributed by atoms with Crippen molar-refractivity contribution >= 4 is 11.6 Å². The number of rotatable bonds is 4. The van der Waals surface area contributed by atoms with Crippen LogP contribution in [0.5, 0.6) is 0 Å². The summed E-state index contributed by atoms with van der Waals surface area (Å²) in [5.74, 6) is 0.336. The second-order valence-corrected chi connectivity index (χ2v) is 4.42. The van der Waals surface area contributed by atoms with Gasteiger partial charge in [-0.3, -0.25) is 4.90 Å². The summed E-state index contributed by atoms with van der Waals surface area (Å²) in [5, 5.41) is 9.45. The zero-order valence-corrected chi connectivity index (χ0v) is 9.87. The van der Waals surface area contributed by atoms with E-state index < -0.39 is 0 Å². The topological polar surface area (TPSA) is 26.7 Å². The van der Waals surface area contributed by atoms with Crippen molar-refractivity contribution in [2.75, 3.05) is 39.1 Å². The number of β-amino-alcohol motifs (C(OH)–C–C–N with tert-alkyl or cyclic N) is 1. The van der Waals surface area contributed by atoms with Gasteiger partial charge in [-0.1, -0.05) is 6.92 Å². The lowest BCUT2D eigenvalue weighted by Crippen LogP contribution is -2.52. The monoisotopic (exact) mass is 220 g/mol. The molecule has 0 spiro atoms. The number of hydrogen-bond donors (Lipinski definition) is 1. The van der Waals surface area contributed by atoms with Crippen LogP contribution in [-0.2, 0) is 0 Å². The van der Waals surface area contributed by atoms with Crippen LogP contribution in [0.1, 0.15) is 13.3 Å². The van der Waals surface area contributed by atoms with Gasteiger partial charge in [0.15, 0.2) is 0 Å². The second-order valence-electron chi connectivity index (χ2n) is 4.11. The Hall–Kier alpha value is 0.170. The minimum absolute atomic E-state index is 0.336. The van der Waals surface area contributed by atoms with Gasteiger partial charge >= 0.3 is 0 Å². The molecule has 3 nitrogen and oxygen atoms in total. The third-order valence-electron chi connectivity index (χ3n) is 2.98.